The lowest BCUT2D eigenvalue weighted by Gasteiger charge is -2.20. The van der Waals surface area contributed by atoms with Crippen molar-refractivity contribution in [1.29, 1.82) is 0 Å². The van der Waals surface area contributed by atoms with Gasteiger partial charge in [-0.25, -0.2) is 9.78 Å². The van der Waals surface area contributed by atoms with Crippen molar-refractivity contribution < 1.29 is 14.3 Å². The molecule has 20 heavy (non-hydrogen) atoms. The zero-order chi connectivity index (χ0) is 15.2. The Hall–Kier alpha value is -2.18. The first-order valence-electron chi connectivity index (χ1n) is 6.27. The predicted molar refractivity (Wildman–Crippen MR) is 74.4 cm³/mol. The fraction of sp³-hybridized carbons (Fsp3) is 0.538. The zero-order valence-electron chi connectivity index (χ0n) is 12.2. The molecule has 1 amide bonds. The maximum absolute atomic E-state index is 11.6. The number of amides is 1. The van der Waals surface area contributed by atoms with E-state index in [9.17, 15) is 9.59 Å². The highest BCUT2D eigenvalue weighted by atomic mass is 16.5. The molecule has 0 saturated carbocycles. The molecule has 0 radical (unpaired) electrons. The molecule has 0 atom stereocenters. The highest BCUT2D eigenvalue weighted by Gasteiger charge is 2.13. The lowest BCUT2D eigenvalue weighted by atomic mass is 10.1. The standard InChI is InChI=1S/C13H20N4O3/c1-13(2,3)17-11(18)5-6-15-10-8-14-7-9(16-10)12(19)20-4/h7-8H,5-6H2,1-4H3,(H,15,16)(H,17,18). The number of carbonyl (C=O) groups is 2. The first-order valence-corrected chi connectivity index (χ1v) is 6.27. The third-order valence-corrected chi connectivity index (χ3v) is 2.20. The molecule has 0 fully saturated rings. The molecule has 0 unspecified atom stereocenters. The number of nitrogens with zero attached hydrogens (tertiary/aromatic N) is 2. The van der Waals surface area contributed by atoms with E-state index in [0.29, 0.717) is 18.8 Å². The molecule has 0 saturated heterocycles. The van der Waals surface area contributed by atoms with Crippen LogP contribution >= 0.6 is 0 Å². The van der Waals surface area contributed by atoms with Crippen LogP contribution in [0.2, 0.25) is 0 Å². The molecule has 2 N–H and O–H groups in total. The first-order chi connectivity index (χ1) is 9.31. The third kappa shape index (κ3) is 5.64. The normalized spacial score (nSPS) is 10.8. The summed E-state index contributed by atoms with van der Waals surface area (Å²) in [6.07, 6.45) is 3.11. The fourth-order valence-electron chi connectivity index (χ4n) is 1.44. The van der Waals surface area contributed by atoms with Crippen LogP contribution in [-0.4, -0.2) is 41.0 Å². The second-order valence-electron chi connectivity index (χ2n) is 5.26. The number of hydrogen-bond acceptors (Lipinski definition) is 6. The minimum atomic E-state index is -0.549. The van der Waals surface area contributed by atoms with Gasteiger partial charge in [0.1, 0.15) is 5.82 Å². The van der Waals surface area contributed by atoms with Gasteiger partial charge in [0.25, 0.3) is 0 Å². The van der Waals surface area contributed by atoms with Crippen LogP contribution in [0.25, 0.3) is 0 Å². The van der Waals surface area contributed by atoms with E-state index < -0.39 is 5.97 Å². The van der Waals surface area contributed by atoms with E-state index in [1.165, 1.54) is 19.5 Å². The molecule has 0 bridgehead atoms. The van der Waals surface area contributed by atoms with Gasteiger partial charge in [0, 0.05) is 18.5 Å². The van der Waals surface area contributed by atoms with E-state index in [0.717, 1.165) is 0 Å². The number of nitrogens with one attached hydrogen (secondary N) is 2. The summed E-state index contributed by atoms with van der Waals surface area (Å²) in [6.45, 7) is 6.16. The molecule has 1 rings (SSSR count). The molecule has 1 heterocycles. The number of hydrogen-bond donors (Lipinski definition) is 2. The van der Waals surface area contributed by atoms with E-state index in [1.807, 2.05) is 20.8 Å². The Kier molecular flexibility index (Phi) is 5.42. The molecule has 1 aromatic heterocycles. The van der Waals surface area contributed by atoms with Crippen molar-refractivity contribution >= 4 is 17.7 Å². The number of methoxy groups -OCH3 is 1. The molecule has 0 aliphatic heterocycles. The summed E-state index contributed by atoms with van der Waals surface area (Å²) in [5.74, 6) is -0.176. The Bertz CT molecular complexity index is 483. The molecule has 0 aliphatic rings. The summed E-state index contributed by atoms with van der Waals surface area (Å²) >= 11 is 0. The van der Waals surface area contributed by atoms with Gasteiger partial charge >= 0.3 is 5.97 Å². The Morgan fingerprint density at radius 3 is 2.60 bits per heavy atom. The van der Waals surface area contributed by atoms with E-state index >= 15 is 0 Å². The summed E-state index contributed by atoms with van der Waals surface area (Å²) in [5, 5.41) is 5.79. The Balaban J connectivity index is 2.46. The smallest absolute Gasteiger partial charge is 0.358 e. The third-order valence-electron chi connectivity index (χ3n) is 2.20. The van der Waals surface area contributed by atoms with Gasteiger partial charge in [0.2, 0.25) is 5.91 Å². The molecule has 1 aromatic rings. The summed E-state index contributed by atoms with van der Waals surface area (Å²) in [6, 6.07) is 0. The van der Waals surface area contributed by atoms with Gasteiger partial charge in [0.05, 0.1) is 19.5 Å². The van der Waals surface area contributed by atoms with Crippen LogP contribution in [0.4, 0.5) is 5.82 Å². The number of rotatable bonds is 5. The van der Waals surface area contributed by atoms with Crippen LogP contribution in [0.15, 0.2) is 12.4 Å². The van der Waals surface area contributed by atoms with Crippen molar-refractivity contribution in [1.82, 2.24) is 15.3 Å². The highest BCUT2D eigenvalue weighted by Crippen LogP contribution is 2.04. The molecule has 7 heteroatoms. The van der Waals surface area contributed by atoms with Crippen molar-refractivity contribution in [2.75, 3.05) is 19.0 Å². The van der Waals surface area contributed by atoms with Gasteiger partial charge in [-0.3, -0.25) is 9.78 Å². The SMILES string of the molecule is COC(=O)c1cncc(NCCC(=O)NC(C)(C)C)n1. The summed E-state index contributed by atoms with van der Waals surface area (Å²) in [4.78, 5) is 30.8. The van der Waals surface area contributed by atoms with Crippen molar-refractivity contribution in [3.63, 3.8) is 0 Å². The minimum absolute atomic E-state index is 0.0536. The van der Waals surface area contributed by atoms with Crippen LogP contribution in [0, 0.1) is 0 Å². The van der Waals surface area contributed by atoms with Crippen LogP contribution in [0.3, 0.4) is 0 Å². The molecule has 110 valence electrons. The first kappa shape index (κ1) is 15.9. The number of aromatic nitrogens is 2. The second-order valence-corrected chi connectivity index (χ2v) is 5.26. The average Bonchev–Trinajstić information content (AvgIpc) is 2.36. The quantitative estimate of drug-likeness (QED) is 0.781. The lowest BCUT2D eigenvalue weighted by Crippen LogP contribution is -2.41. The van der Waals surface area contributed by atoms with Gasteiger partial charge in [-0.15, -0.1) is 0 Å². The largest absolute Gasteiger partial charge is 0.464 e. The lowest BCUT2D eigenvalue weighted by molar-refractivity contribution is -0.122. The number of esters is 1. The summed E-state index contributed by atoms with van der Waals surface area (Å²) in [5.41, 5.74) is -0.126. The van der Waals surface area contributed by atoms with Gasteiger partial charge in [-0.2, -0.15) is 0 Å². The second kappa shape index (κ2) is 6.83. The monoisotopic (exact) mass is 280 g/mol. The van der Waals surface area contributed by atoms with Gasteiger partial charge in [-0.05, 0) is 20.8 Å². The molecule has 0 spiro atoms. The van der Waals surface area contributed by atoms with Crippen LogP contribution < -0.4 is 10.6 Å². The summed E-state index contributed by atoms with van der Waals surface area (Å²) in [7, 11) is 1.28. The molecule has 0 aliphatic carbocycles. The van der Waals surface area contributed by atoms with E-state index in [2.05, 4.69) is 25.3 Å². The minimum Gasteiger partial charge on any atom is -0.464 e. The van der Waals surface area contributed by atoms with Crippen LogP contribution in [-0.2, 0) is 9.53 Å². The fourth-order valence-corrected chi connectivity index (χ4v) is 1.44. The molecule has 7 nitrogen and oxygen atoms in total. The van der Waals surface area contributed by atoms with Gasteiger partial charge in [0.15, 0.2) is 5.69 Å². The van der Waals surface area contributed by atoms with E-state index in [4.69, 9.17) is 0 Å². The maximum atomic E-state index is 11.6. The Morgan fingerprint density at radius 2 is 2.00 bits per heavy atom. The molecule has 0 aromatic carbocycles. The van der Waals surface area contributed by atoms with E-state index in [-0.39, 0.29) is 17.1 Å². The topological polar surface area (TPSA) is 93.2 Å². The van der Waals surface area contributed by atoms with Crippen molar-refractivity contribution in [3.05, 3.63) is 18.1 Å². The summed E-state index contributed by atoms with van der Waals surface area (Å²) < 4.78 is 4.56. The van der Waals surface area contributed by atoms with Crippen LogP contribution in [0.1, 0.15) is 37.7 Å². The number of ether oxygens (including phenoxy) is 1. The van der Waals surface area contributed by atoms with Crippen molar-refractivity contribution in [3.8, 4) is 0 Å². The van der Waals surface area contributed by atoms with Crippen LogP contribution in [0.5, 0.6) is 0 Å². The average molecular weight is 280 g/mol. The molecular formula is C13H20N4O3. The zero-order valence-corrected chi connectivity index (χ0v) is 12.2. The van der Waals surface area contributed by atoms with Gasteiger partial charge in [-0.1, -0.05) is 0 Å². The highest BCUT2D eigenvalue weighted by molar-refractivity contribution is 5.87. The maximum Gasteiger partial charge on any atom is 0.358 e. The Morgan fingerprint density at radius 1 is 1.30 bits per heavy atom. The molecular weight excluding hydrogens is 260 g/mol. The Labute approximate surface area is 118 Å². The van der Waals surface area contributed by atoms with Gasteiger partial charge < -0.3 is 15.4 Å². The van der Waals surface area contributed by atoms with Crippen molar-refractivity contribution in [2.45, 2.75) is 32.7 Å². The number of anilines is 1. The number of carbonyl (C=O) groups excluding carboxylic acids is 2. The van der Waals surface area contributed by atoms with Crippen molar-refractivity contribution in [2.24, 2.45) is 0 Å². The van der Waals surface area contributed by atoms with E-state index in [1.54, 1.807) is 0 Å². The predicted octanol–water partition coefficient (Wildman–Crippen LogP) is 0.980.